The van der Waals surface area contributed by atoms with Crippen LogP contribution in [0.5, 0.6) is 0 Å². The van der Waals surface area contributed by atoms with E-state index < -0.39 is 5.54 Å². The van der Waals surface area contributed by atoms with Crippen molar-refractivity contribution < 1.29 is 4.79 Å². The van der Waals surface area contributed by atoms with Crippen LogP contribution in [0.15, 0.2) is 18.2 Å². The average molecular weight is 282 g/mol. The molecule has 0 saturated carbocycles. The molecule has 1 aromatic carbocycles. The Bertz CT molecular complexity index is 482. The Morgan fingerprint density at radius 3 is 2.79 bits per heavy atom. The van der Waals surface area contributed by atoms with Gasteiger partial charge in [-0.15, -0.1) is 0 Å². The van der Waals surface area contributed by atoms with Gasteiger partial charge >= 0.3 is 0 Å². The van der Waals surface area contributed by atoms with Crippen molar-refractivity contribution in [3.63, 3.8) is 0 Å². The fraction of sp³-hybridized carbons (Fsp3) is 0.500. The van der Waals surface area contributed by atoms with Gasteiger partial charge in [0.1, 0.15) is 0 Å². The quantitative estimate of drug-likeness (QED) is 0.895. The van der Waals surface area contributed by atoms with Crippen LogP contribution in [0.4, 0.5) is 11.4 Å². The minimum atomic E-state index is -0.480. The van der Waals surface area contributed by atoms with Crippen LogP contribution < -0.4 is 15.5 Å². The van der Waals surface area contributed by atoms with Gasteiger partial charge in [-0.2, -0.15) is 0 Å². The van der Waals surface area contributed by atoms with E-state index in [-0.39, 0.29) is 5.91 Å². The highest BCUT2D eigenvalue weighted by Crippen LogP contribution is 2.29. The lowest BCUT2D eigenvalue weighted by molar-refractivity contribution is -0.121. The van der Waals surface area contributed by atoms with Crippen LogP contribution in [-0.4, -0.2) is 32.1 Å². The predicted octanol–water partition coefficient (Wildman–Crippen LogP) is 2.49. The monoisotopic (exact) mass is 281 g/mol. The van der Waals surface area contributed by atoms with Crippen LogP contribution in [0.2, 0.25) is 5.02 Å². The highest BCUT2D eigenvalue weighted by atomic mass is 35.5. The Balaban J connectivity index is 2.23. The molecule has 0 bridgehead atoms. The van der Waals surface area contributed by atoms with Crippen LogP contribution in [0.3, 0.4) is 0 Å². The molecule has 2 rings (SSSR count). The fourth-order valence-corrected chi connectivity index (χ4v) is 2.52. The number of amides is 1. The van der Waals surface area contributed by atoms with E-state index in [2.05, 4.69) is 10.6 Å². The van der Waals surface area contributed by atoms with Crippen LogP contribution in [0.25, 0.3) is 0 Å². The summed E-state index contributed by atoms with van der Waals surface area (Å²) in [5, 5.41) is 6.86. The largest absolute Gasteiger partial charge is 0.376 e. The average Bonchev–Trinajstić information content (AvgIpc) is 2.77. The van der Waals surface area contributed by atoms with Gasteiger partial charge in [-0.05, 0) is 44.5 Å². The molecule has 0 aromatic heterocycles. The van der Waals surface area contributed by atoms with E-state index in [0.29, 0.717) is 5.02 Å². The van der Waals surface area contributed by atoms with Crippen LogP contribution in [0.1, 0.15) is 19.8 Å². The number of anilines is 2. The molecule has 1 aromatic rings. The molecule has 1 aliphatic rings. The van der Waals surface area contributed by atoms with Crippen molar-refractivity contribution in [2.24, 2.45) is 0 Å². The zero-order valence-electron chi connectivity index (χ0n) is 11.6. The van der Waals surface area contributed by atoms with E-state index in [1.54, 1.807) is 6.07 Å². The first kappa shape index (κ1) is 14.2. The van der Waals surface area contributed by atoms with E-state index in [1.165, 1.54) is 0 Å². The second kappa shape index (κ2) is 5.39. The van der Waals surface area contributed by atoms with Gasteiger partial charge < -0.3 is 15.5 Å². The van der Waals surface area contributed by atoms with Crippen molar-refractivity contribution in [2.45, 2.75) is 25.3 Å². The maximum Gasteiger partial charge on any atom is 0.244 e. The van der Waals surface area contributed by atoms with E-state index in [9.17, 15) is 4.79 Å². The van der Waals surface area contributed by atoms with E-state index >= 15 is 0 Å². The van der Waals surface area contributed by atoms with Crippen LogP contribution >= 0.6 is 11.6 Å². The molecule has 1 atom stereocenters. The Morgan fingerprint density at radius 1 is 1.47 bits per heavy atom. The Labute approximate surface area is 119 Å². The normalized spacial score (nSPS) is 22.3. The molecule has 1 heterocycles. The molecule has 19 heavy (non-hydrogen) atoms. The highest BCUT2D eigenvalue weighted by Gasteiger charge is 2.36. The number of hydrogen-bond acceptors (Lipinski definition) is 3. The van der Waals surface area contributed by atoms with Gasteiger partial charge in [0.05, 0.1) is 16.9 Å². The Morgan fingerprint density at radius 2 is 2.21 bits per heavy atom. The highest BCUT2D eigenvalue weighted by molar-refractivity contribution is 6.31. The summed E-state index contributed by atoms with van der Waals surface area (Å²) in [5.74, 6) is -0.00429. The zero-order valence-corrected chi connectivity index (χ0v) is 12.3. The predicted molar refractivity (Wildman–Crippen MR) is 80.1 cm³/mol. The van der Waals surface area contributed by atoms with Crippen molar-refractivity contribution in [1.82, 2.24) is 5.32 Å². The number of benzene rings is 1. The lowest BCUT2D eigenvalue weighted by Crippen LogP contribution is -2.48. The summed E-state index contributed by atoms with van der Waals surface area (Å²) >= 11 is 6.01. The van der Waals surface area contributed by atoms with Gasteiger partial charge in [0.15, 0.2) is 0 Å². The zero-order chi connectivity index (χ0) is 14.0. The third kappa shape index (κ3) is 3.01. The Kier molecular flexibility index (Phi) is 4.02. The minimum absolute atomic E-state index is 0.00429. The standard InChI is InChI=1S/C14H20ClN3O/c1-14(7-4-8-16-14)13(19)17-11-9-10(15)5-6-12(11)18(2)3/h5-6,9,16H,4,7-8H2,1-3H3,(H,17,19). The molecule has 1 amide bonds. The molecule has 1 aliphatic heterocycles. The molecule has 0 spiro atoms. The molecule has 0 aliphatic carbocycles. The molecule has 5 heteroatoms. The molecule has 4 nitrogen and oxygen atoms in total. The summed E-state index contributed by atoms with van der Waals surface area (Å²) in [5.41, 5.74) is 1.21. The van der Waals surface area contributed by atoms with Crippen molar-refractivity contribution in [1.29, 1.82) is 0 Å². The number of nitrogens with zero attached hydrogens (tertiary/aromatic N) is 1. The van der Waals surface area contributed by atoms with Gasteiger partial charge in [0, 0.05) is 19.1 Å². The number of halogens is 1. The molecular formula is C14H20ClN3O. The van der Waals surface area contributed by atoms with Gasteiger partial charge in [-0.3, -0.25) is 4.79 Å². The molecule has 1 fully saturated rings. The summed E-state index contributed by atoms with van der Waals surface area (Å²) in [7, 11) is 3.88. The molecule has 0 radical (unpaired) electrons. The first-order valence-corrected chi connectivity index (χ1v) is 6.83. The fourth-order valence-electron chi connectivity index (χ4n) is 2.35. The smallest absolute Gasteiger partial charge is 0.244 e. The van der Waals surface area contributed by atoms with Crippen molar-refractivity contribution in [2.75, 3.05) is 30.9 Å². The molecule has 2 N–H and O–H groups in total. The van der Waals surface area contributed by atoms with Crippen molar-refractivity contribution in [3.8, 4) is 0 Å². The summed E-state index contributed by atoms with van der Waals surface area (Å²) in [6.07, 6.45) is 1.89. The van der Waals surface area contributed by atoms with Gasteiger partial charge in [-0.25, -0.2) is 0 Å². The summed E-state index contributed by atoms with van der Waals surface area (Å²) < 4.78 is 0. The summed E-state index contributed by atoms with van der Waals surface area (Å²) in [6.45, 7) is 2.83. The molecule has 1 unspecified atom stereocenters. The Hall–Kier alpha value is -1.26. The maximum absolute atomic E-state index is 12.4. The maximum atomic E-state index is 12.4. The summed E-state index contributed by atoms with van der Waals surface area (Å²) in [6, 6.07) is 5.51. The number of nitrogens with one attached hydrogen (secondary N) is 2. The van der Waals surface area contributed by atoms with Crippen LogP contribution in [0, 0.1) is 0 Å². The molecular weight excluding hydrogens is 262 g/mol. The van der Waals surface area contributed by atoms with Crippen molar-refractivity contribution in [3.05, 3.63) is 23.2 Å². The minimum Gasteiger partial charge on any atom is -0.376 e. The van der Waals surface area contributed by atoms with E-state index in [0.717, 1.165) is 30.8 Å². The number of carbonyl (C=O) groups is 1. The molecule has 104 valence electrons. The lowest BCUT2D eigenvalue weighted by Gasteiger charge is -2.25. The third-order valence-corrected chi connectivity index (χ3v) is 3.79. The summed E-state index contributed by atoms with van der Waals surface area (Å²) in [4.78, 5) is 14.3. The SMILES string of the molecule is CN(C)c1ccc(Cl)cc1NC(=O)C1(C)CCCN1. The number of rotatable bonds is 3. The topological polar surface area (TPSA) is 44.4 Å². The van der Waals surface area contributed by atoms with Gasteiger partial charge in [0.2, 0.25) is 5.91 Å². The van der Waals surface area contributed by atoms with Gasteiger partial charge in [-0.1, -0.05) is 11.6 Å². The first-order valence-electron chi connectivity index (χ1n) is 6.46. The second-order valence-electron chi connectivity index (χ2n) is 5.37. The van der Waals surface area contributed by atoms with Gasteiger partial charge in [0.25, 0.3) is 0 Å². The second-order valence-corrected chi connectivity index (χ2v) is 5.81. The third-order valence-electron chi connectivity index (χ3n) is 3.56. The van der Waals surface area contributed by atoms with E-state index in [4.69, 9.17) is 11.6 Å². The van der Waals surface area contributed by atoms with Crippen molar-refractivity contribution >= 4 is 28.9 Å². The van der Waals surface area contributed by atoms with Crippen LogP contribution in [-0.2, 0) is 4.79 Å². The lowest BCUT2D eigenvalue weighted by atomic mass is 9.99. The number of carbonyl (C=O) groups excluding carboxylic acids is 1. The van der Waals surface area contributed by atoms with E-state index in [1.807, 2.05) is 38.1 Å². The number of hydrogen-bond donors (Lipinski definition) is 2. The molecule has 1 saturated heterocycles. The first-order chi connectivity index (χ1) is 8.92.